The minimum atomic E-state index is 0.0897. The molecule has 1 aromatic rings. The predicted molar refractivity (Wildman–Crippen MR) is 66.7 cm³/mol. The molecule has 4 heteroatoms. The standard InChI is InChI=1S/C12H16N2OS/c1-14-6-7-16-9-11(14)12(15)8-10-2-4-13-5-3-10/h2-5,11H,6-9H2,1H3. The molecule has 86 valence electrons. The van der Waals surface area contributed by atoms with Crippen LogP contribution in [0, 0.1) is 0 Å². The summed E-state index contributed by atoms with van der Waals surface area (Å²) in [6.07, 6.45) is 4.00. The van der Waals surface area contributed by atoms with Gasteiger partial charge in [0.25, 0.3) is 0 Å². The second kappa shape index (κ2) is 5.46. The Kier molecular flexibility index (Phi) is 3.96. The molecule has 0 spiro atoms. The van der Waals surface area contributed by atoms with Crippen molar-refractivity contribution in [3.63, 3.8) is 0 Å². The number of Topliss-reactive ketones (excluding diaryl/α,β-unsaturated/α-hetero) is 1. The highest BCUT2D eigenvalue weighted by molar-refractivity contribution is 7.99. The molecule has 0 radical (unpaired) electrons. The molecule has 3 nitrogen and oxygen atoms in total. The highest BCUT2D eigenvalue weighted by Crippen LogP contribution is 2.16. The molecule has 0 N–H and O–H groups in total. The summed E-state index contributed by atoms with van der Waals surface area (Å²) in [4.78, 5) is 18.2. The number of carbonyl (C=O) groups excluding carboxylic acids is 1. The SMILES string of the molecule is CN1CCSCC1C(=O)Cc1ccncc1. The van der Waals surface area contributed by atoms with E-state index in [2.05, 4.69) is 9.88 Å². The van der Waals surface area contributed by atoms with Gasteiger partial charge in [0, 0.05) is 36.9 Å². The molecule has 2 heterocycles. The third-order valence-corrected chi connectivity index (χ3v) is 3.92. The topological polar surface area (TPSA) is 33.2 Å². The summed E-state index contributed by atoms with van der Waals surface area (Å²) in [6.45, 7) is 1.01. The van der Waals surface area contributed by atoms with Crippen molar-refractivity contribution in [3.05, 3.63) is 30.1 Å². The predicted octanol–water partition coefficient (Wildman–Crippen LogP) is 1.24. The van der Waals surface area contributed by atoms with Gasteiger partial charge in [0.2, 0.25) is 0 Å². The summed E-state index contributed by atoms with van der Waals surface area (Å²) < 4.78 is 0. The van der Waals surface area contributed by atoms with E-state index in [1.165, 1.54) is 0 Å². The van der Waals surface area contributed by atoms with Crippen LogP contribution in [0.25, 0.3) is 0 Å². The monoisotopic (exact) mass is 236 g/mol. The molecular formula is C12H16N2OS. The summed E-state index contributed by atoms with van der Waals surface area (Å²) in [5.74, 6) is 2.39. The summed E-state index contributed by atoms with van der Waals surface area (Å²) in [5.41, 5.74) is 1.06. The fraction of sp³-hybridized carbons (Fsp3) is 0.500. The van der Waals surface area contributed by atoms with E-state index in [9.17, 15) is 4.79 Å². The lowest BCUT2D eigenvalue weighted by Crippen LogP contribution is -2.45. The van der Waals surface area contributed by atoms with E-state index < -0.39 is 0 Å². The average molecular weight is 236 g/mol. The van der Waals surface area contributed by atoms with Crippen molar-refractivity contribution in [1.29, 1.82) is 0 Å². The minimum Gasteiger partial charge on any atom is -0.298 e. The van der Waals surface area contributed by atoms with Crippen LogP contribution in [0.15, 0.2) is 24.5 Å². The van der Waals surface area contributed by atoms with Crippen LogP contribution in [-0.4, -0.2) is 46.8 Å². The number of pyridine rings is 1. The number of hydrogen-bond acceptors (Lipinski definition) is 4. The first kappa shape index (κ1) is 11.6. The Hall–Kier alpha value is -0.870. The Morgan fingerprint density at radius 1 is 1.56 bits per heavy atom. The molecule has 1 saturated heterocycles. The Balaban J connectivity index is 1.97. The van der Waals surface area contributed by atoms with Crippen LogP contribution in [0.1, 0.15) is 5.56 Å². The number of ketones is 1. The highest BCUT2D eigenvalue weighted by atomic mass is 32.2. The maximum Gasteiger partial charge on any atom is 0.155 e. The Labute approximate surface area is 100 Å². The molecule has 2 rings (SSSR count). The molecule has 1 unspecified atom stereocenters. The fourth-order valence-electron chi connectivity index (χ4n) is 1.84. The van der Waals surface area contributed by atoms with E-state index in [1.54, 1.807) is 12.4 Å². The summed E-state index contributed by atoms with van der Waals surface area (Å²) in [6, 6.07) is 3.91. The Bertz CT molecular complexity index is 355. The van der Waals surface area contributed by atoms with Crippen molar-refractivity contribution in [1.82, 2.24) is 9.88 Å². The van der Waals surface area contributed by atoms with Gasteiger partial charge in [0.05, 0.1) is 6.04 Å². The lowest BCUT2D eigenvalue weighted by molar-refractivity contribution is -0.122. The first-order valence-corrected chi connectivity index (χ1v) is 6.62. The third kappa shape index (κ3) is 2.83. The largest absolute Gasteiger partial charge is 0.298 e. The maximum absolute atomic E-state index is 12.1. The number of carbonyl (C=O) groups is 1. The first-order valence-electron chi connectivity index (χ1n) is 5.47. The highest BCUT2D eigenvalue weighted by Gasteiger charge is 2.25. The molecule has 0 amide bonds. The van der Waals surface area contributed by atoms with E-state index in [-0.39, 0.29) is 6.04 Å². The van der Waals surface area contributed by atoms with Crippen LogP contribution >= 0.6 is 11.8 Å². The summed E-state index contributed by atoms with van der Waals surface area (Å²) in [7, 11) is 2.04. The van der Waals surface area contributed by atoms with Gasteiger partial charge in [0.1, 0.15) is 0 Å². The zero-order chi connectivity index (χ0) is 11.4. The fourth-order valence-corrected chi connectivity index (χ4v) is 3.09. The molecule has 0 aliphatic carbocycles. The molecule has 1 atom stereocenters. The zero-order valence-electron chi connectivity index (χ0n) is 9.43. The molecule has 1 aliphatic rings. The lowest BCUT2D eigenvalue weighted by Gasteiger charge is -2.30. The second-order valence-corrected chi connectivity index (χ2v) is 5.22. The molecule has 1 fully saturated rings. The van der Waals surface area contributed by atoms with Gasteiger partial charge in [0.15, 0.2) is 5.78 Å². The van der Waals surface area contributed by atoms with Gasteiger partial charge in [-0.25, -0.2) is 0 Å². The van der Waals surface area contributed by atoms with Crippen molar-refractivity contribution in [2.24, 2.45) is 0 Å². The van der Waals surface area contributed by atoms with Crippen molar-refractivity contribution in [2.75, 3.05) is 25.1 Å². The van der Waals surface area contributed by atoms with E-state index in [0.29, 0.717) is 12.2 Å². The van der Waals surface area contributed by atoms with E-state index >= 15 is 0 Å². The molecule has 0 bridgehead atoms. The molecule has 1 aliphatic heterocycles. The normalized spacial score (nSPS) is 21.9. The summed E-state index contributed by atoms with van der Waals surface area (Å²) in [5, 5.41) is 0. The molecule has 16 heavy (non-hydrogen) atoms. The number of nitrogens with zero attached hydrogens (tertiary/aromatic N) is 2. The first-order chi connectivity index (χ1) is 7.77. The van der Waals surface area contributed by atoms with Crippen LogP contribution in [0.4, 0.5) is 0 Å². The van der Waals surface area contributed by atoms with Gasteiger partial charge in [-0.3, -0.25) is 14.7 Å². The van der Waals surface area contributed by atoms with Crippen LogP contribution in [0.5, 0.6) is 0 Å². The Morgan fingerprint density at radius 3 is 3.00 bits per heavy atom. The Morgan fingerprint density at radius 2 is 2.31 bits per heavy atom. The van der Waals surface area contributed by atoms with Crippen LogP contribution in [-0.2, 0) is 11.2 Å². The number of likely N-dealkylation sites (N-methyl/N-ethyl adjacent to an activating group) is 1. The quantitative estimate of drug-likeness (QED) is 0.790. The molecule has 1 aromatic heterocycles. The van der Waals surface area contributed by atoms with Gasteiger partial charge >= 0.3 is 0 Å². The van der Waals surface area contributed by atoms with Gasteiger partial charge in [-0.2, -0.15) is 11.8 Å². The van der Waals surface area contributed by atoms with E-state index in [1.807, 2.05) is 30.9 Å². The van der Waals surface area contributed by atoms with Gasteiger partial charge < -0.3 is 0 Å². The number of aromatic nitrogens is 1. The number of hydrogen-bond donors (Lipinski definition) is 0. The average Bonchev–Trinajstić information content (AvgIpc) is 2.31. The molecular weight excluding hydrogens is 220 g/mol. The lowest BCUT2D eigenvalue weighted by atomic mass is 10.0. The summed E-state index contributed by atoms with van der Waals surface area (Å²) >= 11 is 1.87. The van der Waals surface area contributed by atoms with Crippen molar-refractivity contribution in [3.8, 4) is 0 Å². The van der Waals surface area contributed by atoms with E-state index in [0.717, 1.165) is 23.6 Å². The molecule has 0 aromatic carbocycles. The van der Waals surface area contributed by atoms with E-state index in [4.69, 9.17) is 0 Å². The third-order valence-electron chi connectivity index (χ3n) is 2.90. The van der Waals surface area contributed by atoms with Crippen LogP contribution in [0.2, 0.25) is 0 Å². The van der Waals surface area contributed by atoms with Gasteiger partial charge in [-0.15, -0.1) is 0 Å². The zero-order valence-corrected chi connectivity index (χ0v) is 10.2. The smallest absolute Gasteiger partial charge is 0.155 e. The minimum absolute atomic E-state index is 0.0897. The second-order valence-electron chi connectivity index (χ2n) is 4.07. The number of rotatable bonds is 3. The van der Waals surface area contributed by atoms with Crippen molar-refractivity contribution < 1.29 is 4.79 Å². The number of thioether (sulfide) groups is 1. The maximum atomic E-state index is 12.1. The van der Waals surface area contributed by atoms with Crippen LogP contribution in [0.3, 0.4) is 0 Å². The van der Waals surface area contributed by atoms with Gasteiger partial charge in [-0.1, -0.05) is 0 Å². The van der Waals surface area contributed by atoms with Crippen molar-refractivity contribution in [2.45, 2.75) is 12.5 Å². The van der Waals surface area contributed by atoms with Gasteiger partial charge in [-0.05, 0) is 24.7 Å². The van der Waals surface area contributed by atoms with Crippen LogP contribution < -0.4 is 0 Å². The molecule has 0 saturated carbocycles. The van der Waals surface area contributed by atoms with Crippen molar-refractivity contribution >= 4 is 17.5 Å².